The Bertz CT molecular complexity index is 1130. The number of benzene rings is 2. The van der Waals surface area contributed by atoms with Crippen molar-refractivity contribution in [2.24, 2.45) is 10.9 Å². The summed E-state index contributed by atoms with van der Waals surface area (Å²) in [7, 11) is 3.98. The molecule has 0 bridgehead atoms. The van der Waals surface area contributed by atoms with E-state index in [1.54, 1.807) is 6.21 Å². The van der Waals surface area contributed by atoms with Crippen LogP contribution in [0, 0.1) is 5.92 Å². The van der Waals surface area contributed by atoms with Gasteiger partial charge in [0.25, 0.3) is 5.91 Å². The molecule has 0 aliphatic carbocycles. The Labute approximate surface area is 228 Å². The first-order valence-corrected chi connectivity index (χ1v) is 13.5. The topological polar surface area (TPSA) is 69.2 Å². The molecule has 1 aliphatic heterocycles. The third-order valence-corrected chi connectivity index (χ3v) is 6.83. The fourth-order valence-corrected chi connectivity index (χ4v) is 4.66. The van der Waals surface area contributed by atoms with Crippen LogP contribution in [0.15, 0.2) is 83.3 Å². The van der Waals surface area contributed by atoms with Crippen LogP contribution in [-0.2, 0) is 11.3 Å². The van der Waals surface area contributed by atoms with Crippen molar-refractivity contribution in [3.8, 4) is 5.75 Å². The van der Waals surface area contributed by atoms with Crippen molar-refractivity contribution in [3.05, 3.63) is 89.4 Å². The second-order valence-electron chi connectivity index (χ2n) is 9.71. The summed E-state index contributed by atoms with van der Waals surface area (Å²) in [5.41, 5.74) is 3.80. The van der Waals surface area contributed by atoms with Crippen LogP contribution in [-0.4, -0.2) is 62.2 Å². The van der Waals surface area contributed by atoms with E-state index in [9.17, 15) is 4.79 Å². The first-order valence-electron chi connectivity index (χ1n) is 13.5. The molecule has 2 N–H and O–H groups in total. The Morgan fingerprint density at radius 2 is 1.92 bits per heavy atom. The van der Waals surface area contributed by atoms with Crippen LogP contribution in [0.2, 0.25) is 0 Å². The number of amides is 1. The maximum absolute atomic E-state index is 13.9. The summed E-state index contributed by atoms with van der Waals surface area (Å²) in [6.07, 6.45) is 2.51. The third kappa shape index (κ3) is 7.71. The van der Waals surface area contributed by atoms with Crippen molar-refractivity contribution in [3.63, 3.8) is 0 Å². The second-order valence-corrected chi connectivity index (χ2v) is 9.71. The van der Waals surface area contributed by atoms with E-state index in [2.05, 4.69) is 60.1 Å². The molecule has 2 aromatic carbocycles. The van der Waals surface area contributed by atoms with E-state index in [1.807, 2.05) is 61.3 Å². The molecule has 1 amide bonds. The van der Waals surface area contributed by atoms with E-state index in [0.717, 1.165) is 42.1 Å². The van der Waals surface area contributed by atoms with Gasteiger partial charge in [0.2, 0.25) is 0 Å². The minimum atomic E-state index is -0.112. The largest absolute Gasteiger partial charge is 0.484 e. The summed E-state index contributed by atoms with van der Waals surface area (Å²) in [5.74, 6) is 1.55. The number of carbonyl (C=O) groups excluding carboxylic acids is 1. The van der Waals surface area contributed by atoms with Crippen LogP contribution in [0.3, 0.4) is 0 Å². The van der Waals surface area contributed by atoms with E-state index in [-0.39, 0.29) is 17.9 Å². The molecule has 2 unspecified atom stereocenters. The van der Waals surface area contributed by atoms with Gasteiger partial charge in [0.1, 0.15) is 17.7 Å². The van der Waals surface area contributed by atoms with Gasteiger partial charge in [-0.1, -0.05) is 62.9 Å². The zero-order valence-electron chi connectivity index (χ0n) is 23.5. The van der Waals surface area contributed by atoms with Gasteiger partial charge in [-0.15, -0.1) is 0 Å². The average Bonchev–Trinajstić information content (AvgIpc) is 3.03. The van der Waals surface area contributed by atoms with E-state index >= 15 is 0 Å². The monoisotopic (exact) mass is 517 g/mol. The van der Waals surface area contributed by atoms with Crippen LogP contribution < -0.4 is 15.4 Å². The summed E-state index contributed by atoms with van der Waals surface area (Å²) < 4.78 is 6.39. The van der Waals surface area contributed by atoms with Crippen LogP contribution in [0.25, 0.3) is 0 Å². The Kier molecular flexibility index (Phi) is 11.0. The number of allylic oxidation sites excluding steroid dienone is 1. The van der Waals surface area contributed by atoms with Gasteiger partial charge in [-0.05, 0) is 49.6 Å². The molecule has 204 valence electrons. The number of nitrogens with one attached hydrogen (secondary N) is 2. The molecule has 0 spiro atoms. The number of likely N-dealkylation sites (N-methyl/N-ethyl adjacent to an activating group) is 2. The Hall–Kier alpha value is -3.58. The zero-order chi connectivity index (χ0) is 27.5. The molecule has 0 aromatic heterocycles. The van der Waals surface area contributed by atoms with E-state index in [0.29, 0.717) is 31.0 Å². The fourth-order valence-electron chi connectivity index (χ4n) is 4.66. The molecule has 0 saturated heterocycles. The summed E-state index contributed by atoms with van der Waals surface area (Å²) in [6, 6.07) is 18.2. The lowest BCUT2D eigenvalue weighted by Gasteiger charge is -2.26. The van der Waals surface area contributed by atoms with Crippen molar-refractivity contribution in [1.29, 1.82) is 0 Å². The minimum Gasteiger partial charge on any atom is -0.484 e. The molecule has 2 aromatic rings. The molecular formula is C31H43N5O2. The van der Waals surface area contributed by atoms with Crippen molar-refractivity contribution in [2.75, 3.05) is 40.3 Å². The molecule has 1 aliphatic rings. The maximum Gasteiger partial charge on any atom is 0.257 e. The SMILES string of the molecule is C=C(/N=C\C1=C(C(C)CC)N(C)CCN(Cc2cccc(OC(CNC)c3ccccc3)c2)C1=O)NCC. The lowest BCUT2D eigenvalue weighted by molar-refractivity contribution is -0.126. The smallest absolute Gasteiger partial charge is 0.257 e. The summed E-state index contributed by atoms with van der Waals surface area (Å²) >= 11 is 0. The Balaban J connectivity index is 1.85. The zero-order valence-corrected chi connectivity index (χ0v) is 23.5. The van der Waals surface area contributed by atoms with E-state index in [4.69, 9.17) is 4.74 Å². The van der Waals surface area contributed by atoms with Gasteiger partial charge in [-0.25, -0.2) is 4.99 Å². The average molecular weight is 518 g/mol. The molecule has 1 heterocycles. The minimum absolute atomic E-state index is 0.0126. The Morgan fingerprint density at radius 3 is 2.61 bits per heavy atom. The quantitative estimate of drug-likeness (QED) is 0.375. The summed E-state index contributed by atoms with van der Waals surface area (Å²) in [6.45, 7) is 13.5. The number of carbonyl (C=O) groups is 1. The Morgan fingerprint density at radius 1 is 1.16 bits per heavy atom. The van der Waals surface area contributed by atoms with Gasteiger partial charge < -0.3 is 25.2 Å². The third-order valence-electron chi connectivity index (χ3n) is 6.83. The summed E-state index contributed by atoms with van der Waals surface area (Å²) in [4.78, 5) is 22.5. The molecule has 7 heteroatoms. The van der Waals surface area contributed by atoms with Gasteiger partial charge in [-0.2, -0.15) is 0 Å². The number of hydrogen-bond acceptors (Lipinski definition) is 6. The second kappa shape index (κ2) is 14.4. The van der Waals surface area contributed by atoms with Gasteiger partial charge in [0.15, 0.2) is 0 Å². The van der Waals surface area contributed by atoms with Gasteiger partial charge in [0.05, 0.1) is 5.57 Å². The van der Waals surface area contributed by atoms with Crippen molar-refractivity contribution in [2.45, 2.75) is 39.8 Å². The lowest BCUT2D eigenvalue weighted by atomic mass is 9.98. The lowest BCUT2D eigenvalue weighted by Crippen LogP contribution is -2.34. The highest BCUT2D eigenvalue weighted by Gasteiger charge is 2.29. The number of ether oxygens (including phenoxy) is 1. The number of rotatable bonds is 13. The van der Waals surface area contributed by atoms with Crippen LogP contribution in [0.5, 0.6) is 5.75 Å². The molecule has 3 rings (SSSR count). The first kappa shape index (κ1) is 29.0. The van der Waals surface area contributed by atoms with Gasteiger partial charge in [0, 0.05) is 51.7 Å². The molecule has 38 heavy (non-hydrogen) atoms. The van der Waals surface area contributed by atoms with Crippen molar-refractivity contribution < 1.29 is 9.53 Å². The molecule has 0 saturated carbocycles. The molecular weight excluding hydrogens is 474 g/mol. The normalized spacial score (nSPS) is 16.0. The van der Waals surface area contributed by atoms with Gasteiger partial charge >= 0.3 is 0 Å². The van der Waals surface area contributed by atoms with Crippen molar-refractivity contribution >= 4 is 12.1 Å². The number of aliphatic imine (C=N–C) groups is 1. The van der Waals surface area contributed by atoms with Crippen LogP contribution in [0.1, 0.15) is 44.4 Å². The highest BCUT2D eigenvalue weighted by Crippen LogP contribution is 2.27. The number of nitrogens with zero attached hydrogens (tertiary/aromatic N) is 3. The standard InChI is InChI=1S/C31H43N5O2/c1-7-23(3)30-28(20-34-24(4)33-8-2)31(37)36(18-17-35(30)6)22-25-13-12-16-27(19-25)38-29(21-32-5)26-14-10-9-11-15-26/h9-16,19-20,23,29,32-33H,4,7-8,17-18,21-22H2,1-3,5-6H3/b34-20-. The van der Waals surface area contributed by atoms with E-state index in [1.165, 1.54) is 0 Å². The first-order chi connectivity index (χ1) is 18.4. The van der Waals surface area contributed by atoms with E-state index < -0.39 is 0 Å². The van der Waals surface area contributed by atoms with Crippen molar-refractivity contribution in [1.82, 2.24) is 20.4 Å². The molecule has 0 radical (unpaired) electrons. The predicted octanol–water partition coefficient (Wildman–Crippen LogP) is 4.75. The summed E-state index contributed by atoms with van der Waals surface area (Å²) in [5, 5.41) is 6.33. The molecule has 2 atom stereocenters. The molecule has 0 fully saturated rings. The van der Waals surface area contributed by atoms with Gasteiger partial charge in [-0.3, -0.25) is 4.79 Å². The highest BCUT2D eigenvalue weighted by atomic mass is 16.5. The number of hydrogen-bond donors (Lipinski definition) is 2. The van der Waals surface area contributed by atoms with Crippen LogP contribution >= 0.6 is 0 Å². The predicted molar refractivity (Wildman–Crippen MR) is 156 cm³/mol. The highest BCUT2D eigenvalue weighted by molar-refractivity contribution is 6.13. The maximum atomic E-state index is 13.9. The van der Waals surface area contributed by atoms with Crippen LogP contribution in [0.4, 0.5) is 0 Å². The fraction of sp³-hybridized carbons (Fsp3) is 0.419. The molecule has 7 nitrogen and oxygen atoms in total.